The number of aryl methyl sites for hydroxylation is 1. The average Bonchev–Trinajstić information content (AvgIpc) is 2.31. The summed E-state index contributed by atoms with van der Waals surface area (Å²) in [6.07, 6.45) is 6.45. The fraction of sp³-hybridized carbons (Fsp3) is 0.625. The molecule has 1 aliphatic carbocycles. The Hall–Kier alpha value is -0.830. The molecule has 0 saturated heterocycles. The molecule has 0 unspecified atom stereocenters. The molecule has 0 spiro atoms. The van der Waals surface area contributed by atoms with Crippen LogP contribution in [0.1, 0.15) is 24.8 Å². The Labute approximate surface area is 65.7 Å². The summed E-state index contributed by atoms with van der Waals surface area (Å²) in [4.78, 5) is 0. The van der Waals surface area contributed by atoms with Crippen LogP contribution in [0.15, 0.2) is 12.4 Å². The quantitative estimate of drug-likeness (QED) is 0.652. The molecule has 3 nitrogen and oxygen atoms in total. The lowest BCUT2D eigenvalue weighted by molar-refractivity contribution is -0.116. The first-order valence-corrected chi connectivity index (χ1v) is 3.95. The van der Waals surface area contributed by atoms with Crippen molar-refractivity contribution in [3.8, 4) is 0 Å². The zero-order chi connectivity index (χ0) is 7.90. The Morgan fingerprint density at radius 1 is 1.64 bits per heavy atom. The highest BCUT2D eigenvalue weighted by Crippen LogP contribution is 2.35. The normalized spacial score (nSPS) is 21.3. The van der Waals surface area contributed by atoms with Gasteiger partial charge in [0, 0.05) is 6.20 Å². The maximum Gasteiger partial charge on any atom is 0.157 e. The van der Waals surface area contributed by atoms with Gasteiger partial charge in [-0.2, -0.15) is 5.10 Å². The van der Waals surface area contributed by atoms with Crippen molar-refractivity contribution in [2.24, 2.45) is 0 Å². The maximum atomic E-state index is 9.80. The monoisotopic (exact) mass is 152 g/mol. The summed E-state index contributed by atoms with van der Waals surface area (Å²) in [5.41, 5.74) is 0.444. The van der Waals surface area contributed by atoms with Crippen molar-refractivity contribution >= 4 is 0 Å². The number of hydrogen-bond donors (Lipinski definition) is 1. The molecule has 0 amide bonds. The van der Waals surface area contributed by atoms with Crippen LogP contribution < -0.4 is 0 Å². The van der Waals surface area contributed by atoms with Gasteiger partial charge in [0.2, 0.25) is 0 Å². The molecule has 2 rings (SSSR count). The number of aromatic nitrogens is 2. The van der Waals surface area contributed by atoms with Gasteiger partial charge in [0.25, 0.3) is 0 Å². The highest BCUT2D eigenvalue weighted by atomic mass is 16.3. The summed E-state index contributed by atoms with van der Waals surface area (Å²) in [6, 6.07) is 0. The molecule has 0 radical (unpaired) electrons. The summed E-state index contributed by atoms with van der Waals surface area (Å²) in [7, 11) is 0. The van der Waals surface area contributed by atoms with Crippen LogP contribution in [0.4, 0.5) is 0 Å². The lowest BCUT2D eigenvalue weighted by Crippen LogP contribution is -2.40. The van der Waals surface area contributed by atoms with E-state index in [0.717, 1.165) is 24.8 Å². The van der Waals surface area contributed by atoms with E-state index >= 15 is 0 Å². The van der Waals surface area contributed by atoms with E-state index in [1.54, 1.807) is 10.9 Å². The Balaban J connectivity index is 2.28. The Morgan fingerprint density at radius 3 is 2.73 bits per heavy atom. The third kappa shape index (κ3) is 0.959. The predicted molar refractivity (Wildman–Crippen MR) is 41.0 cm³/mol. The van der Waals surface area contributed by atoms with E-state index in [4.69, 9.17) is 0 Å². The highest BCUT2D eigenvalue weighted by molar-refractivity contribution is 5.02. The first-order chi connectivity index (χ1) is 5.21. The van der Waals surface area contributed by atoms with E-state index in [1.807, 2.05) is 13.1 Å². The van der Waals surface area contributed by atoms with E-state index in [9.17, 15) is 5.11 Å². The third-order valence-electron chi connectivity index (χ3n) is 2.29. The zero-order valence-electron chi connectivity index (χ0n) is 6.62. The minimum Gasteiger partial charge on any atom is -0.369 e. The van der Waals surface area contributed by atoms with Crippen molar-refractivity contribution in [2.45, 2.75) is 31.9 Å². The lowest BCUT2D eigenvalue weighted by atomic mass is 9.88. The van der Waals surface area contributed by atoms with Crippen molar-refractivity contribution < 1.29 is 5.11 Å². The van der Waals surface area contributed by atoms with Gasteiger partial charge < -0.3 is 5.11 Å². The van der Waals surface area contributed by atoms with Gasteiger partial charge in [-0.25, -0.2) is 4.68 Å². The number of aliphatic hydroxyl groups is 1. The highest BCUT2D eigenvalue weighted by Gasteiger charge is 2.36. The summed E-state index contributed by atoms with van der Waals surface area (Å²) in [5, 5.41) is 13.9. The summed E-state index contributed by atoms with van der Waals surface area (Å²) in [6.45, 7) is 1.98. The molecule has 11 heavy (non-hydrogen) atoms. The first-order valence-electron chi connectivity index (χ1n) is 3.95. The third-order valence-corrected chi connectivity index (χ3v) is 2.29. The van der Waals surface area contributed by atoms with Crippen LogP contribution in [0.3, 0.4) is 0 Å². The van der Waals surface area contributed by atoms with Crippen LogP contribution >= 0.6 is 0 Å². The standard InChI is InChI=1S/C8H12N2O/c1-7-5-9-10(6-7)8(11)3-2-4-8/h5-6,11H,2-4H2,1H3. The maximum absolute atomic E-state index is 9.80. The average molecular weight is 152 g/mol. The summed E-state index contributed by atoms with van der Waals surface area (Å²) >= 11 is 0. The molecule has 1 fully saturated rings. The van der Waals surface area contributed by atoms with Gasteiger partial charge in [0.05, 0.1) is 6.20 Å². The van der Waals surface area contributed by atoms with Crippen molar-refractivity contribution in [2.75, 3.05) is 0 Å². The van der Waals surface area contributed by atoms with Crippen LogP contribution in [0.2, 0.25) is 0 Å². The minimum atomic E-state index is -0.658. The van der Waals surface area contributed by atoms with E-state index in [-0.39, 0.29) is 0 Å². The fourth-order valence-corrected chi connectivity index (χ4v) is 1.36. The lowest BCUT2D eigenvalue weighted by Gasteiger charge is -2.36. The predicted octanol–water partition coefficient (Wildman–Crippen LogP) is 1.02. The Kier molecular flexibility index (Phi) is 1.29. The Bertz CT molecular complexity index is 263. The molecule has 1 aromatic heterocycles. The van der Waals surface area contributed by atoms with Crippen LogP contribution in [-0.4, -0.2) is 14.9 Å². The van der Waals surface area contributed by atoms with Gasteiger partial charge in [-0.1, -0.05) is 0 Å². The minimum absolute atomic E-state index is 0.658. The number of rotatable bonds is 1. The molecule has 3 heteroatoms. The van der Waals surface area contributed by atoms with E-state index < -0.39 is 5.72 Å². The molecular formula is C8H12N2O. The molecule has 0 atom stereocenters. The molecule has 0 aliphatic heterocycles. The smallest absolute Gasteiger partial charge is 0.157 e. The second kappa shape index (κ2) is 2.08. The second-order valence-electron chi connectivity index (χ2n) is 3.30. The molecule has 0 aromatic carbocycles. The summed E-state index contributed by atoms with van der Waals surface area (Å²) < 4.78 is 1.67. The fourth-order valence-electron chi connectivity index (χ4n) is 1.36. The molecule has 1 aromatic rings. The zero-order valence-corrected chi connectivity index (χ0v) is 6.62. The Morgan fingerprint density at radius 2 is 2.36 bits per heavy atom. The van der Waals surface area contributed by atoms with Gasteiger partial charge in [-0.05, 0) is 31.7 Å². The van der Waals surface area contributed by atoms with Crippen molar-refractivity contribution in [3.05, 3.63) is 18.0 Å². The van der Waals surface area contributed by atoms with Gasteiger partial charge in [-0.15, -0.1) is 0 Å². The van der Waals surface area contributed by atoms with Gasteiger partial charge in [-0.3, -0.25) is 0 Å². The molecule has 60 valence electrons. The van der Waals surface area contributed by atoms with E-state index in [1.165, 1.54) is 0 Å². The number of nitrogens with zero attached hydrogens (tertiary/aromatic N) is 2. The molecule has 0 bridgehead atoms. The summed E-state index contributed by atoms with van der Waals surface area (Å²) in [5.74, 6) is 0. The van der Waals surface area contributed by atoms with E-state index in [0.29, 0.717) is 0 Å². The van der Waals surface area contributed by atoms with E-state index in [2.05, 4.69) is 5.10 Å². The topological polar surface area (TPSA) is 38.0 Å². The molecule has 1 aliphatic rings. The van der Waals surface area contributed by atoms with Crippen molar-refractivity contribution in [1.82, 2.24) is 9.78 Å². The largest absolute Gasteiger partial charge is 0.369 e. The molecule has 1 N–H and O–H groups in total. The van der Waals surface area contributed by atoms with Crippen molar-refractivity contribution in [3.63, 3.8) is 0 Å². The van der Waals surface area contributed by atoms with Crippen LogP contribution in [-0.2, 0) is 5.72 Å². The van der Waals surface area contributed by atoms with Gasteiger partial charge in [0.1, 0.15) is 0 Å². The number of hydrogen-bond acceptors (Lipinski definition) is 2. The molecule has 1 heterocycles. The van der Waals surface area contributed by atoms with Crippen LogP contribution in [0.25, 0.3) is 0 Å². The van der Waals surface area contributed by atoms with Gasteiger partial charge >= 0.3 is 0 Å². The molecule has 1 saturated carbocycles. The first kappa shape index (κ1) is 6.85. The van der Waals surface area contributed by atoms with Crippen molar-refractivity contribution in [1.29, 1.82) is 0 Å². The van der Waals surface area contributed by atoms with Gasteiger partial charge in [0.15, 0.2) is 5.72 Å². The van der Waals surface area contributed by atoms with Crippen LogP contribution in [0, 0.1) is 6.92 Å². The SMILES string of the molecule is Cc1cnn(C2(O)CCC2)c1. The second-order valence-corrected chi connectivity index (χ2v) is 3.30. The molecular weight excluding hydrogens is 140 g/mol. The van der Waals surface area contributed by atoms with Crippen LogP contribution in [0.5, 0.6) is 0 Å².